The molecular formula is C19H29BO3. The van der Waals surface area contributed by atoms with E-state index in [-0.39, 0.29) is 18.3 Å². The molecule has 1 aromatic rings. The zero-order chi connectivity index (χ0) is 16.5. The van der Waals surface area contributed by atoms with Gasteiger partial charge in [0.15, 0.2) is 0 Å². The van der Waals surface area contributed by atoms with Gasteiger partial charge in [0.05, 0.1) is 17.8 Å². The van der Waals surface area contributed by atoms with Gasteiger partial charge in [-0.1, -0.05) is 31.4 Å². The van der Waals surface area contributed by atoms with Gasteiger partial charge in [0, 0.05) is 0 Å². The molecule has 0 N–H and O–H groups in total. The third-order valence-electron chi connectivity index (χ3n) is 5.59. The molecule has 3 nitrogen and oxygen atoms in total. The van der Waals surface area contributed by atoms with E-state index in [2.05, 4.69) is 39.8 Å². The number of rotatable bonds is 4. The van der Waals surface area contributed by atoms with Crippen molar-refractivity contribution in [2.24, 2.45) is 5.92 Å². The predicted molar refractivity (Wildman–Crippen MR) is 94.2 cm³/mol. The van der Waals surface area contributed by atoms with Crippen LogP contribution < -0.4 is 10.2 Å². The largest absolute Gasteiger partial charge is 0.494 e. The fourth-order valence-electron chi connectivity index (χ4n) is 3.30. The van der Waals surface area contributed by atoms with Gasteiger partial charge in [-0.15, -0.1) is 0 Å². The maximum Gasteiger partial charge on any atom is 0.494 e. The average molecular weight is 316 g/mol. The van der Waals surface area contributed by atoms with E-state index in [1.165, 1.54) is 32.1 Å². The highest BCUT2D eigenvalue weighted by Crippen LogP contribution is 2.36. The summed E-state index contributed by atoms with van der Waals surface area (Å²) in [6, 6.07) is 8.16. The molecule has 126 valence electrons. The van der Waals surface area contributed by atoms with Gasteiger partial charge in [-0.05, 0) is 64.1 Å². The highest BCUT2D eigenvalue weighted by molar-refractivity contribution is 6.62. The van der Waals surface area contributed by atoms with Crippen LogP contribution in [-0.4, -0.2) is 24.9 Å². The predicted octanol–water partition coefficient (Wildman–Crippen LogP) is 3.94. The monoisotopic (exact) mass is 316 g/mol. The summed E-state index contributed by atoms with van der Waals surface area (Å²) in [7, 11) is -0.321. The lowest BCUT2D eigenvalue weighted by Crippen LogP contribution is -2.41. The van der Waals surface area contributed by atoms with Gasteiger partial charge in [0.1, 0.15) is 5.75 Å². The second-order valence-electron chi connectivity index (χ2n) is 7.98. The standard InChI is InChI=1S/C19H29BO3/c1-18(2)19(3,4)23-20(22-18)16-11-8-12-17(13-16)21-14-15-9-6-5-7-10-15/h8,11-13,15H,5-7,9-10,14H2,1-4H3. The van der Waals surface area contributed by atoms with E-state index >= 15 is 0 Å². The first kappa shape index (κ1) is 16.8. The van der Waals surface area contributed by atoms with Crippen molar-refractivity contribution < 1.29 is 14.0 Å². The third kappa shape index (κ3) is 3.75. The lowest BCUT2D eigenvalue weighted by Gasteiger charge is -2.32. The molecule has 1 saturated carbocycles. The molecule has 0 radical (unpaired) electrons. The normalized spacial score (nSPS) is 23.9. The zero-order valence-corrected chi connectivity index (χ0v) is 14.9. The molecule has 0 bridgehead atoms. The molecule has 1 aliphatic carbocycles. The second kappa shape index (κ2) is 6.48. The lowest BCUT2D eigenvalue weighted by molar-refractivity contribution is 0.00578. The van der Waals surface area contributed by atoms with Crippen molar-refractivity contribution in [3.63, 3.8) is 0 Å². The minimum atomic E-state index is -0.321. The van der Waals surface area contributed by atoms with Crippen LogP contribution in [0.2, 0.25) is 0 Å². The van der Waals surface area contributed by atoms with Crippen LogP contribution in [0.15, 0.2) is 24.3 Å². The van der Waals surface area contributed by atoms with Gasteiger partial charge in [-0.2, -0.15) is 0 Å². The van der Waals surface area contributed by atoms with Gasteiger partial charge in [0.25, 0.3) is 0 Å². The van der Waals surface area contributed by atoms with Crippen LogP contribution in [0.1, 0.15) is 59.8 Å². The maximum absolute atomic E-state index is 6.12. The van der Waals surface area contributed by atoms with E-state index in [0.717, 1.165) is 17.8 Å². The van der Waals surface area contributed by atoms with Crippen molar-refractivity contribution in [2.75, 3.05) is 6.61 Å². The first-order valence-corrected chi connectivity index (χ1v) is 8.96. The Kier molecular flexibility index (Phi) is 4.75. The summed E-state index contributed by atoms with van der Waals surface area (Å²) in [4.78, 5) is 0. The molecule has 0 atom stereocenters. The van der Waals surface area contributed by atoms with E-state index < -0.39 is 0 Å². The van der Waals surface area contributed by atoms with E-state index in [1.807, 2.05) is 12.1 Å². The Hall–Kier alpha value is -0.995. The SMILES string of the molecule is CC1(C)OB(c2cccc(OCC3CCCCC3)c2)OC1(C)C. The molecule has 0 unspecified atom stereocenters. The van der Waals surface area contributed by atoms with Gasteiger partial charge < -0.3 is 14.0 Å². The molecule has 0 aromatic heterocycles. The Balaban J connectivity index is 1.63. The van der Waals surface area contributed by atoms with E-state index in [0.29, 0.717) is 5.92 Å². The topological polar surface area (TPSA) is 27.7 Å². The van der Waals surface area contributed by atoms with Gasteiger partial charge in [-0.25, -0.2) is 0 Å². The Morgan fingerprint density at radius 2 is 1.70 bits per heavy atom. The lowest BCUT2D eigenvalue weighted by atomic mass is 9.79. The van der Waals surface area contributed by atoms with Crippen molar-refractivity contribution in [1.29, 1.82) is 0 Å². The van der Waals surface area contributed by atoms with E-state index in [4.69, 9.17) is 14.0 Å². The highest BCUT2D eigenvalue weighted by Gasteiger charge is 2.51. The summed E-state index contributed by atoms with van der Waals surface area (Å²) in [5.41, 5.74) is 0.414. The van der Waals surface area contributed by atoms with E-state index in [9.17, 15) is 0 Å². The summed E-state index contributed by atoms with van der Waals surface area (Å²) in [5.74, 6) is 1.63. The fourth-order valence-corrected chi connectivity index (χ4v) is 3.30. The van der Waals surface area contributed by atoms with Crippen LogP contribution in [-0.2, 0) is 9.31 Å². The number of hydrogen-bond donors (Lipinski definition) is 0. The Bertz CT molecular complexity index is 519. The van der Waals surface area contributed by atoms with Crippen LogP contribution >= 0.6 is 0 Å². The first-order chi connectivity index (χ1) is 10.9. The van der Waals surface area contributed by atoms with Crippen LogP contribution in [0.3, 0.4) is 0 Å². The van der Waals surface area contributed by atoms with Gasteiger partial charge >= 0.3 is 7.12 Å². The molecule has 1 aliphatic heterocycles. The summed E-state index contributed by atoms with van der Waals surface area (Å²) >= 11 is 0. The molecule has 1 heterocycles. The fraction of sp³-hybridized carbons (Fsp3) is 0.684. The second-order valence-corrected chi connectivity index (χ2v) is 7.98. The molecule has 2 aliphatic rings. The summed E-state index contributed by atoms with van der Waals surface area (Å²) in [6.45, 7) is 9.15. The quantitative estimate of drug-likeness (QED) is 0.787. The van der Waals surface area contributed by atoms with Crippen molar-refractivity contribution in [1.82, 2.24) is 0 Å². The molecule has 1 aromatic carbocycles. The molecular weight excluding hydrogens is 287 g/mol. The molecule has 0 amide bonds. The molecule has 23 heavy (non-hydrogen) atoms. The minimum Gasteiger partial charge on any atom is -0.493 e. The first-order valence-electron chi connectivity index (χ1n) is 8.96. The van der Waals surface area contributed by atoms with Gasteiger partial charge in [-0.3, -0.25) is 0 Å². The summed E-state index contributed by atoms with van der Waals surface area (Å²) in [5, 5.41) is 0. The van der Waals surface area contributed by atoms with Crippen molar-refractivity contribution >= 4 is 12.6 Å². The van der Waals surface area contributed by atoms with Crippen LogP contribution in [0.5, 0.6) is 5.75 Å². The molecule has 2 fully saturated rings. The number of hydrogen-bond acceptors (Lipinski definition) is 3. The molecule has 3 rings (SSSR count). The summed E-state index contributed by atoms with van der Waals surface area (Å²) < 4.78 is 18.3. The Morgan fingerprint density at radius 3 is 2.35 bits per heavy atom. The van der Waals surface area contributed by atoms with Crippen molar-refractivity contribution in [2.45, 2.75) is 71.0 Å². The number of benzene rings is 1. The third-order valence-corrected chi connectivity index (χ3v) is 5.59. The maximum atomic E-state index is 6.12. The highest BCUT2D eigenvalue weighted by atomic mass is 16.7. The average Bonchev–Trinajstić information content (AvgIpc) is 2.75. The van der Waals surface area contributed by atoms with E-state index in [1.54, 1.807) is 0 Å². The number of ether oxygens (including phenoxy) is 1. The minimum absolute atomic E-state index is 0.309. The van der Waals surface area contributed by atoms with Gasteiger partial charge in [0.2, 0.25) is 0 Å². The van der Waals surface area contributed by atoms with Crippen LogP contribution in [0.4, 0.5) is 0 Å². The summed E-state index contributed by atoms with van der Waals surface area (Å²) in [6.07, 6.45) is 6.69. The van der Waals surface area contributed by atoms with Crippen LogP contribution in [0.25, 0.3) is 0 Å². The molecule has 0 spiro atoms. The zero-order valence-electron chi connectivity index (χ0n) is 14.9. The van der Waals surface area contributed by atoms with Crippen molar-refractivity contribution in [3.8, 4) is 5.75 Å². The van der Waals surface area contributed by atoms with Crippen LogP contribution in [0, 0.1) is 5.92 Å². The van der Waals surface area contributed by atoms with Crippen molar-refractivity contribution in [3.05, 3.63) is 24.3 Å². The Labute approximate surface area is 140 Å². The molecule has 1 saturated heterocycles. The Morgan fingerprint density at radius 1 is 1.04 bits per heavy atom. The smallest absolute Gasteiger partial charge is 0.493 e. The molecule has 4 heteroatoms.